The summed E-state index contributed by atoms with van der Waals surface area (Å²) in [5.41, 5.74) is 1.42. The van der Waals surface area contributed by atoms with Gasteiger partial charge in [0.05, 0.1) is 0 Å². The van der Waals surface area contributed by atoms with E-state index in [1.807, 2.05) is 13.8 Å². The van der Waals surface area contributed by atoms with E-state index in [1.165, 1.54) is 12.0 Å². The first kappa shape index (κ1) is 13.2. The maximum absolute atomic E-state index is 3.38. The Morgan fingerprint density at radius 1 is 1.00 bits per heavy atom. The first-order chi connectivity index (χ1) is 6.93. The van der Waals surface area contributed by atoms with E-state index in [9.17, 15) is 0 Å². The molecule has 0 saturated carbocycles. The molecule has 0 aliphatic carbocycles. The minimum Gasteiger partial charge on any atom is -0.316 e. The third-order valence-corrected chi connectivity index (χ3v) is 1.86. The van der Waals surface area contributed by atoms with Gasteiger partial charge >= 0.3 is 0 Å². The van der Waals surface area contributed by atoms with Crippen LogP contribution in [0.2, 0.25) is 0 Å². The summed E-state index contributed by atoms with van der Waals surface area (Å²) in [5.74, 6) is 0. The molecule has 14 heavy (non-hydrogen) atoms. The van der Waals surface area contributed by atoms with Gasteiger partial charge in [0, 0.05) is 0 Å². The second kappa shape index (κ2) is 10.3. The fourth-order valence-corrected chi connectivity index (χ4v) is 1.18. The molecule has 1 aromatic rings. The molecule has 1 aromatic carbocycles. The third-order valence-electron chi connectivity index (χ3n) is 1.86. The largest absolute Gasteiger partial charge is 0.316 e. The van der Waals surface area contributed by atoms with Crippen molar-refractivity contribution in [2.75, 3.05) is 13.1 Å². The summed E-state index contributed by atoms with van der Waals surface area (Å²) in [6, 6.07) is 10.6. The van der Waals surface area contributed by atoms with Gasteiger partial charge in [0.25, 0.3) is 0 Å². The van der Waals surface area contributed by atoms with E-state index in [1.54, 1.807) is 0 Å². The lowest BCUT2D eigenvalue weighted by atomic mass is 10.1. The number of hydrogen-bond acceptors (Lipinski definition) is 1. The van der Waals surface area contributed by atoms with E-state index in [0.29, 0.717) is 0 Å². The van der Waals surface area contributed by atoms with Gasteiger partial charge in [0.15, 0.2) is 0 Å². The standard InChI is InChI=1S/C11H17N.C2H6/c1-2-9-12-10-8-11-6-4-3-5-7-11;1-2/h3-7,12H,2,8-10H2,1H3;1-2H3. The fourth-order valence-electron chi connectivity index (χ4n) is 1.18. The molecule has 0 spiro atoms. The van der Waals surface area contributed by atoms with E-state index in [4.69, 9.17) is 0 Å². The summed E-state index contributed by atoms with van der Waals surface area (Å²) in [6.45, 7) is 8.42. The lowest BCUT2D eigenvalue weighted by Gasteiger charge is -2.02. The molecule has 0 aliphatic rings. The van der Waals surface area contributed by atoms with Crippen LogP contribution in [0.5, 0.6) is 0 Å². The second-order valence-corrected chi connectivity index (χ2v) is 2.99. The van der Waals surface area contributed by atoms with Crippen LogP contribution in [-0.2, 0) is 6.42 Å². The second-order valence-electron chi connectivity index (χ2n) is 2.99. The SMILES string of the molecule is CC.CCCNCCc1ccccc1. The van der Waals surface area contributed by atoms with Crippen LogP contribution >= 0.6 is 0 Å². The Morgan fingerprint density at radius 2 is 1.64 bits per heavy atom. The van der Waals surface area contributed by atoms with Crippen LogP contribution < -0.4 is 5.32 Å². The van der Waals surface area contributed by atoms with Gasteiger partial charge in [-0.05, 0) is 31.5 Å². The van der Waals surface area contributed by atoms with Crippen molar-refractivity contribution < 1.29 is 0 Å². The van der Waals surface area contributed by atoms with Crippen LogP contribution in [0.3, 0.4) is 0 Å². The fraction of sp³-hybridized carbons (Fsp3) is 0.538. The van der Waals surface area contributed by atoms with Gasteiger partial charge in [-0.3, -0.25) is 0 Å². The van der Waals surface area contributed by atoms with E-state index in [0.717, 1.165) is 19.5 Å². The van der Waals surface area contributed by atoms with Gasteiger partial charge < -0.3 is 5.32 Å². The van der Waals surface area contributed by atoms with Gasteiger partial charge in [-0.15, -0.1) is 0 Å². The topological polar surface area (TPSA) is 12.0 Å². The molecule has 80 valence electrons. The van der Waals surface area contributed by atoms with Gasteiger partial charge in [-0.2, -0.15) is 0 Å². The third kappa shape index (κ3) is 6.67. The number of hydrogen-bond donors (Lipinski definition) is 1. The highest BCUT2D eigenvalue weighted by atomic mass is 14.8. The zero-order valence-electron chi connectivity index (χ0n) is 9.72. The highest BCUT2D eigenvalue weighted by Crippen LogP contribution is 1.97. The Balaban J connectivity index is 0.000000791. The smallest absolute Gasteiger partial charge is 0.000835 e. The summed E-state index contributed by atoms with van der Waals surface area (Å²) in [5, 5.41) is 3.38. The molecule has 1 heteroatoms. The summed E-state index contributed by atoms with van der Waals surface area (Å²) in [6.07, 6.45) is 2.36. The molecule has 1 nitrogen and oxygen atoms in total. The maximum Gasteiger partial charge on any atom is -0.000835 e. The summed E-state index contributed by atoms with van der Waals surface area (Å²) in [7, 11) is 0. The Hall–Kier alpha value is -0.820. The summed E-state index contributed by atoms with van der Waals surface area (Å²) in [4.78, 5) is 0. The number of rotatable bonds is 5. The van der Waals surface area contributed by atoms with E-state index in [2.05, 4.69) is 42.6 Å². The highest BCUT2D eigenvalue weighted by Gasteiger charge is 1.89. The molecule has 0 heterocycles. The molecule has 0 amide bonds. The zero-order chi connectivity index (χ0) is 10.6. The Kier molecular flexibility index (Phi) is 9.66. The molecule has 0 aliphatic heterocycles. The lowest BCUT2D eigenvalue weighted by Crippen LogP contribution is -2.17. The van der Waals surface area contributed by atoms with Crippen molar-refractivity contribution in [3.8, 4) is 0 Å². The molecular formula is C13H23N. The van der Waals surface area contributed by atoms with Crippen molar-refractivity contribution in [1.82, 2.24) is 5.32 Å². The normalized spacial score (nSPS) is 9.07. The van der Waals surface area contributed by atoms with E-state index >= 15 is 0 Å². The molecule has 0 fully saturated rings. The number of nitrogens with one attached hydrogen (secondary N) is 1. The summed E-state index contributed by atoms with van der Waals surface area (Å²) < 4.78 is 0. The van der Waals surface area contributed by atoms with Crippen LogP contribution in [0.15, 0.2) is 30.3 Å². The van der Waals surface area contributed by atoms with Crippen LogP contribution in [0.25, 0.3) is 0 Å². The Bertz CT molecular complexity index is 194. The van der Waals surface area contributed by atoms with Crippen molar-refractivity contribution in [3.63, 3.8) is 0 Å². The first-order valence-electron chi connectivity index (χ1n) is 5.68. The van der Waals surface area contributed by atoms with Crippen LogP contribution in [0, 0.1) is 0 Å². The molecule has 0 radical (unpaired) electrons. The monoisotopic (exact) mass is 193 g/mol. The van der Waals surface area contributed by atoms with Crippen molar-refractivity contribution in [2.24, 2.45) is 0 Å². The van der Waals surface area contributed by atoms with E-state index in [-0.39, 0.29) is 0 Å². The van der Waals surface area contributed by atoms with Gasteiger partial charge in [-0.1, -0.05) is 51.1 Å². The maximum atomic E-state index is 3.38. The van der Waals surface area contributed by atoms with Crippen LogP contribution in [-0.4, -0.2) is 13.1 Å². The van der Waals surface area contributed by atoms with Crippen LogP contribution in [0.1, 0.15) is 32.8 Å². The van der Waals surface area contributed by atoms with Crippen molar-refractivity contribution in [3.05, 3.63) is 35.9 Å². The average Bonchev–Trinajstić information content (AvgIpc) is 2.29. The molecule has 0 atom stereocenters. The molecule has 0 saturated heterocycles. The summed E-state index contributed by atoms with van der Waals surface area (Å²) >= 11 is 0. The predicted molar refractivity (Wildman–Crippen MR) is 64.7 cm³/mol. The van der Waals surface area contributed by atoms with Gasteiger partial charge in [0.1, 0.15) is 0 Å². The zero-order valence-corrected chi connectivity index (χ0v) is 9.72. The quantitative estimate of drug-likeness (QED) is 0.708. The van der Waals surface area contributed by atoms with Crippen molar-refractivity contribution in [2.45, 2.75) is 33.6 Å². The van der Waals surface area contributed by atoms with Gasteiger partial charge in [0.2, 0.25) is 0 Å². The Labute approximate surface area is 88.5 Å². The minimum absolute atomic E-state index is 1.10. The number of benzene rings is 1. The molecule has 0 unspecified atom stereocenters. The van der Waals surface area contributed by atoms with Crippen molar-refractivity contribution >= 4 is 0 Å². The Morgan fingerprint density at radius 3 is 2.21 bits per heavy atom. The average molecular weight is 193 g/mol. The molecule has 0 aromatic heterocycles. The molecule has 1 N–H and O–H groups in total. The first-order valence-corrected chi connectivity index (χ1v) is 5.68. The highest BCUT2D eigenvalue weighted by molar-refractivity contribution is 5.14. The lowest BCUT2D eigenvalue weighted by molar-refractivity contribution is 0.671. The van der Waals surface area contributed by atoms with E-state index < -0.39 is 0 Å². The van der Waals surface area contributed by atoms with Gasteiger partial charge in [-0.25, -0.2) is 0 Å². The predicted octanol–water partition coefficient (Wildman–Crippen LogP) is 3.25. The molecular weight excluding hydrogens is 170 g/mol. The minimum atomic E-state index is 1.10. The molecule has 0 bridgehead atoms. The van der Waals surface area contributed by atoms with Crippen molar-refractivity contribution in [1.29, 1.82) is 0 Å². The van der Waals surface area contributed by atoms with Crippen LogP contribution in [0.4, 0.5) is 0 Å². The molecule has 1 rings (SSSR count).